The largest absolute Gasteiger partial charge is 0.461 e. The van der Waals surface area contributed by atoms with Crippen molar-refractivity contribution in [3.63, 3.8) is 0 Å². The summed E-state index contributed by atoms with van der Waals surface area (Å²) in [6, 6.07) is 5.93. The maximum absolute atomic E-state index is 13.2. The van der Waals surface area contributed by atoms with Gasteiger partial charge in [0.2, 0.25) is 35.9 Å². The van der Waals surface area contributed by atoms with Gasteiger partial charge < -0.3 is 46.9 Å². The molecule has 1 saturated carbocycles. The lowest BCUT2D eigenvalue weighted by atomic mass is 9.81. The van der Waals surface area contributed by atoms with E-state index in [1.54, 1.807) is 65.8 Å². The number of nitrogens with one attached hydrogen (secondary N) is 4. The molecular weight excluding hydrogens is 827 g/mol. The first-order chi connectivity index (χ1) is 30.0. The van der Waals surface area contributed by atoms with Gasteiger partial charge in [0.1, 0.15) is 31.6 Å². The number of carbonyl (C=O) groups excluding carboxylic acids is 7. The number of hydrazine groups is 1. The van der Waals surface area contributed by atoms with Crippen molar-refractivity contribution in [3.05, 3.63) is 41.7 Å². The van der Waals surface area contributed by atoms with Crippen molar-refractivity contribution in [2.24, 2.45) is 41.0 Å². The number of nitrogens with zero attached hydrogens (tertiary/aromatic N) is 2. The fraction of sp³-hybridized carbons (Fsp3) is 0.667. The molecule has 1 aliphatic rings. The van der Waals surface area contributed by atoms with Crippen LogP contribution >= 0.6 is 0 Å². The highest BCUT2D eigenvalue weighted by molar-refractivity contribution is 5.97. The molecule has 1 fully saturated rings. The molecule has 1 aromatic rings. The molecule has 6 amide bonds. The molecule has 0 aliphatic heterocycles. The van der Waals surface area contributed by atoms with E-state index in [9.17, 15) is 33.6 Å². The Morgan fingerprint density at radius 3 is 2.14 bits per heavy atom. The predicted molar refractivity (Wildman–Crippen MR) is 242 cm³/mol. The van der Waals surface area contributed by atoms with Crippen molar-refractivity contribution in [2.75, 3.05) is 44.7 Å². The third-order valence-corrected chi connectivity index (χ3v) is 10.5. The van der Waals surface area contributed by atoms with Gasteiger partial charge in [-0.05, 0) is 109 Å². The summed E-state index contributed by atoms with van der Waals surface area (Å²) in [5.74, 6) is 4.06. The number of nitrogens with two attached hydrogens (primary N) is 3. The van der Waals surface area contributed by atoms with Crippen molar-refractivity contribution in [2.45, 2.75) is 131 Å². The molecule has 360 valence electrons. The summed E-state index contributed by atoms with van der Waals surface area (Å²) in [6.07, 6.45) is 6.69. The van der Waals surface area contributed by atoms with Crippen LogP contribution < -0.4 is 38.6 Å². The monoisotopic (exact) mass is 902 g/mol. The van der Waals surface area contributed by atoms with E-state index in [0.29, 0.717) is 63.7 Å². The molecule has 1 atom stereocenters. The minimum Gasteiger partial charge on any atom is -0.461 e. The normalized spacial score (nSPS) is 16.1. The van der Waals surface area contributed by atoms with Crippen molar-refractivity contribution in [3.8, 4) is 0 Å². The number of carbonyl (C=O) groups is 7. The number of benzene rings is 1. The Morgan fingerprint density at radius 1 is 0.906 bits per heavy atom. The number of hydrogen-bond donors (Lipinski definition) is 7. The Labute approximate surface area is 378 Å². The van der Waals surface area contributed by atoms with Crippen molar-refractivity contribution >= 4 is 47.6 Å². The highest BCUT2D eigenvalue weighted by Gasteiger charge is 2.33. The van der Waals surface area contributed by atoms with E-state index in [4.69, 9.17) is 31.5 Å². The molecule has 0 radical (unpaired) electrons. The predicted octanol–water partition coefficient (Wildman–Crippen LogP) is 2.53. The van der Waals surface area contributed by atoms with Gasteiger partial charge >= 0.3 is 5.97 Å². The number of rotatable bonds is 28. The minimum absolute atomic E-state index is 0.0556. The summed E-state index contributed by atoms with van der Waals surface area (Å²) in [6.45, 7) is 14.4. The molecule has 1 unspecified atom stereocenters. The van der Waals surface area contributed by atoms with E-state index in [-0.39, 0.29) is 66.8 Å². The number of ether oxygens (including phenoxy) is 3. The Balaban J connectivity index is 1.78. The van der Waals surface area contributed by atoms with Crippen LogP contribution in [0.3, 0.4) is 0 Å². The lowest BCUT2D eigenvalue weighted by Crippen LogP contribution is -2.54. The summed E-state index contributed by atoms with van der Waals surface area (Å²) in [4.78, 5) is 88.5. The van der Waals surface area contributed by atoms with E-state index >= 15 is 0 Å². The molecule has 0 heterocycles. The van der Waals surface area contributed by atoms with E-state index < -0.39 is 48.3 Å². The lowest BCUT2D eigenvalue weighted by molar-refractivity contribution is -0.185. The van der Waals surface area contributed by atoms with E-state index in [1.165, 1.54) is 16.1 Å². The molecule has 2 rings (SSSR count). The second-order valence-corrected chi connectivity index (χ2v) is 18.2. The fourth-order valence-electron chi connectivity index (χ4n) is 6.87. The fourth-order valence-corrected chi connectivity index (χ4v) is 6.87. The molecule has 10 N–H and O–H groups in total. The van der Waals surface area contributed by atoms with Gasteiger partial charge in [0.15, 0.2) is 0 Å². The standard InChI is InChI=1S/C45H75N9O10/c1-30(2)21-40(58)53(29-55)23-32-12-16-34(17-13-32)41(59)49-22-35(47)24-54(48)45(7,8)64-44(5,6)28-50-38(56)26-62-27-39(57)52-37(11-9-10-20-46)42(60)51-36-18-14-33(15-19-36)25-63-43(61)31(3)4/h14-15,18-19,24,29-32,34,37H,9-13,16-17,20-23,25-28,46-48H2,1-8H3,(H,49,59)(H,50,56)(H,51,60)(H,52,57)/b35-24-. The second kappa shape index (κ2) is 27.3. The summed E-state index contributed by atoms with van der Waals surface area (Å²) in [7, 11) is 0. The quantitative estimate of drug-likeness (QED) is 0.0159. The van der Waals surface area contributed by atoms with Gasteiger partial charge in [0, 0.05) is 43.0 Å². The zero-order chi connectivity index (χ0) is 48.0. The SMILES string of the molecule is CC(C)CC(=O)N(C=O)CC1CCC(C(=O)NC/C(N)=C/N(N)C(C)(C)OC(C)(C)CNC(=O)COCC(=O)NC(CCCCN)C(=O)Nc2ccc(COC(=O)C(C)C)cc2)CC1. The zero-order valence-electron chi connectivity index (χ0n) is 39.2. The smallest absolute Gasteiger partial charge is 0.308 e. The molecule has 0 saturated heterocycles. The number of amides is 6. The summed E-state index contributed by atoms with van der Waals surface area (Å²) < 4.78 is 16.8. The lowest BCUT2D eigenvalue weighted by Gasteiger charge is -2.41. The third-order valence-electron chi connectivity index (χ3n) is 10.5. The van der Waals surface area contributed by atoms with Crippen molar-refractivity contribution in [1.29, 1.82) is 0 Å². The van der Waals surface area contributed by atoms with Crippen LogP contribution in [0.4, 0.5) is 5.69 Å². The van der Waals surface area contributed by atoms with Gasteiger partial charge in [0.05, 0.1) is 18.1 Å². The third kappa shape index (κ3) is 21.0. The highest BCUT2D eigenvalue weighted by Crippen LogP contribution is 2.30. The van der Waals surface area contributed by atoms with E-state index in [0.717, 1.165) is 18.4 Å². The van der Waals surface area contributed by atoms with Crippen LogP contribution in [0.5, 0.6) is 0 Å². The number of unbranched alkanes of at least 4 members (excludes halogenated alkanes) is 1. The van der Waals surface area contributed by atoms with Crippen molar-refractivity contribution < 1.29 is 47.8 Å². The summed E-state index contributed by atoms with van der Waals surface area (Å²) >= 11 is 0. The Hall–Kier alpha value is -5.11. The van der Waals surface area contributed by atoms with Crippen molar-refractivity contribution in [1.82, 2.24) is 25.9 Å². The van der Waals surface area contributed by atoms with Crippen LogP contribution in [0.25, 0.3) is 0 Å². The molecule has 1 aromatic carbocycles. The second-order valence-electron chi connectivity index (χ2n) is 18.2. The zero-order valence-corrected chi connectivity index (χ0v) is 39.2. The van der Waals surface area contributed by atoms with E-state index in [1.807, 2.05) is 13.8 Å². The van der Waals surface area contributed by atoms with Crippen LogP contribution in [0, 0.1) is 23.7 Å². The summed E-state index contributed by atoms with van der Waals surface area (Å²) in [5, 5.41) is 12.4. The number of hydrogen-bond acceptors (Lipinski definition) is 14. The van der Waals surface area contributed by atoms with Gasteiger partial charge in [-0.3, -0.25) is 43.5 Å². The van der Waals surface area contributed by atoms with Gasteiger partial charge in [-0.1, -0.05) is 39.8 Å². The number of anilines is 1. The van der Waals surface area contributed by atoms with Gasteiger partial charge in [-0.25, -0.2) is 5.84 Å². The van der Waals surface area contributed by atoms with Crippen LogP contribution in [-0.2, 0) is 54.4 Å². The van der Waals surface area contributed by atoms with Crippen LogP contribution in [-0.4, -0.2) is 109 Å². The molecular formula is C45H75N9O10. The summed E-state index contributed by atoms with van der Waals surface area (Å²) in [5.41, 5.74) is 11.4. The first kappa shape index (κ1) is 55.0. The van der Waals surface area contributed by atoms with Gasteiger partial charge in [-0.15, -0.1) is 0 Å². The first-order valence-electron chi connectivity index (χ1n) is 22.2. The van der Waals surface area contributed by atoms with Crippen LogP contribution in [0.1, 0.15) is 112 Å². The maximum Gasteiger partial charge on any atom is 0.308 e. The molecule has 0 bridgehead atoms. The van der Waals surface area contributed by atoms with Crippen LogP contribution in [0.15, 0.2) is 36.2 Å². The molecule has 0 aromatic heterocycles. The molecule has 1 aliphatic carbocycles. The van der Waals surface area contributed by atoms with Crippen LogP contribution in [0.2, 0.25) is 0 Å². The molecule has 64 heavy (non-hydrogen) atoms. The Bertz CT molecular complexity index is 1710. The molecule has 0 spiro atoms. The maximum atomic E-state index is 13.2. The topological polar surface area (TPSA) is 280 Å². The minimum atomic E-state index is -1.11. The number of esters is 1. The Morgan fingerprint density at radius 2 is 1.55 bits per heavy atom. The number of imide groups is 1. The first-order valence-corrected chi connectivity index (χ1v) is 22.2. The molecule has 19 heteroatoms. The average molecular weight is 902 g/mol. The molecule has 19 nitrogen and oxygen atoms in total. The Kier molecular flexibility index (Phi) is 23.4. The average Bonchev–Trinajstić information content (AvgIpc) is 3.22. The van der Waals surface area contributed by atoms with Gasteiger partial charge in [-0.2, -0.15) is 0 Å². The van der Waals surface area contributed by atoms with E-state index in [2.05, 4.69) is 21.3 Å². The van der Waals surface area contributed by atoms with Gasteiger partial charge in [0.25, 0.3) is 0 Å². The highest BCUT2D eigenvalue weighted by atomic mass is 16.5.